The Labute approximate surface area is 212 Å². The van der Waals surface area contributed by atoms with Gasteiger partial charge in [0.1, 0.15) is 23.6 Å². The number of nitrogen functional groups attached to an aromatic ring is 1. The molecule has 0 spiro atoms. The molecule has 176 valence electrons. The molecule has 1 atom stereocenters. The topological polar surface area (TPSA) is 85.8 Å². The lowest BCUT2D eigenvalue weighted by molar-refractivity contribution is 0.532. The van der Waals surface area contributed by atoms with E-state index in [0.717, 1.165) is 36.9 Å². The van der Waals surface area contributed by atoms with Crippen LogP contribution in [0.15, 0.2) is 47.8 Å². The molecule has 11 heteroatoms. The molecule has 6 nitrogen and oxygen atoms in total. The Kier molecular flexibility index (Phi) is 6.41. The van der Waals surface area contributed by atoms with E-state index in [4.69, 9.17) is 40.5 Å². The van der Waals surface area contributed by atoms with Crippen molar-refractivity contribution in [2.75, 3.05) is 10.5 Å². The number of nitrogens with two attached hydrogens (primary N) is 1. The molecule has 34 heavy (non-hydrogen) atoms. The zero-order chi connectivity index (χ0) is 24.0. The van der Waals surface area contributed by atoms with E-state index in [1.54, 1.807) is 6.07 Å². The van der Waals surface area contributed by atoms with Crippen molar-refractivity contribution in [2.24, 2.45) is 0 Å². The molecule has 1 aliphatic carbocycles. The van der Waals surface area contributed by atoms with Crippen LogP contribution in [0.5, 0.6) is 0 Å². The van der Waals surface area contributed by atoms with Crippen molar-refractivity contribution in [3.8, 4) is 11.1 Å². The molecule has 1 saturated carbocycles. The quantitative estimate of drug-likeness (QED) is 0.267. The van der Waals surface area contributed by atoms with Gasteiger partial charge < -0.3 is 10.3 Å². The largest absolute Gasteiger partial charge is 0.383 e. The SMILES string of the molecule is Nc1ncnc2c1c(-c1ccc(NS(=O)c3cc(Cl)c(Cl)cc3Cl)c(F)c1)cn2C1CCCC1. The number of fused-ring (bicyclic) bond motifs is 1. The lowest BCUT2D eigenvalue weighted by atomic mass is 10.1. The lowest BCUT2D eigenvalue weighted by Crippen LogP contribution is -2.07. The second-order valence-electron chi connectivity index (χ2n) is 8.11. The number of nitrogens with one attached hydrogen (secondary N) is 1. The van der Waals surface area contributed by atoms with Gasteiger partial charge in [-0.1, -0.05) is 53.7 Å². The molecule has 4 aromatic rings. The van der Waals surface area contributed by atoms with Gasteiger partial charge in [-0.15, -0.1) is 0 Å². The smallest absolute Gasteiger partial charge is 0.151 e. The number of rotatable bonds is 5. The van der Waals surface area contributed by atoms with E-state index in [1.165, 1.54) is 30.6 Å². The molecule has 5 rings (SSSR count). The summed E-state index contributed by atoms with van der Waals surface area (Å²) in [4.78, 5) is 8.80. The first-order valence-corrected chi connectivity index (χ1v) is 12.9. The normalized spacial score (nSPS) is 15.2. The Morgan fingerprint density at radius 1 is 1.06 bits per heavy atom. The number of nitrogens with zero attached hydrogens (tertiary/aromatic N) is 3. The summed E-state index contributed by atoms with van der Waals surface area (Å²) in [5, 5.41) is 1.29. The molecular formula is C23H19Cl3FN5OS. The summed E-state index contributed by atoms with van der Waals surface area (Å²) in [5.74, 6) is -0.242. The van der Waals surface area contributed by atoms with Crippen LogP contribution in [-0.2, 0) is 11.0 Å². The minimum atomic E-state index is -1.86. The standard InChI is InChI=1S/C23H19Cl3FN5OS/c24-15-8-17(26)20(9-16(15)25)34(33)31-19-6-5-12(7-18(19)27)14-10-32(13-3-1-2-4-13)23-21(14)22(28)29-11-30-23/h5-11,13,31H,1-4H2,(H2,28,29,30). The minimum Gasteiger partial charge on any atom is -0.383 e. The molecule has 1 fully saturated rings. The van der Waals surface area contributed by atoms with E-state index < -0.39 is 16.8 Å². The number of hydrogen-bond acceptors (Lipinski definition) is 4. The summed E-state index contributed by atoms with van der Waals surface area (Å²) in [5.41, 5.74) is 8.35. The molecule has 3 N–H and O–H groups in total. The average molecular weight is 539 g/mol. The third kappa shape index (κ3) is 4.24. The molecule has 1 unspecified atom stereocenters. The minimum absolute atomic E-state index is 0.0491. The van der Waals surface area contributed by atoms with Crippen LogP contribution in [0.1, 0.15) is 31.7 Å². The van der Waals surface area contributed by atoms with E-state index in [0.29, 0.717) is 22.8 Å². The van der Waals surface area contributed by atoms with Gasteiger partial charge in [0.15, 0.2) is 11.0 Å². The third-order valence-corrected chi connectivity index (χ3v) is 8.30. The van der Waals surface area contributed by atoms with Crippen LogP contribution in [0, 0.1) is 5.82 Å². The predicted octanol–water partition coefficient (Wildman–Crippen LogP) is 7.03. The maximum absolute atomic E-state index is 15.1. The van der Waals surface area contributed by atoms with E-state index in [-0.39, 0.29) is 25.7 Å². The molecule has 1 aliphatic rings. The van der Waals surface area contributed by atoms with E-state index in [1.807, 2.05) is 6.20 Å². The van der Waals surface area contributed by atoms with Crippen LogP contribution >= 0.6 is 34.8 Å². The van der Waals surface area contributed by atoms with Gasteiger partial charge in [0.05, 0.1) is 31.0 Å². The van der Waals surface area contributed by atoms with E-state index in [2.05, 4.69) is 19.3 Å². The van der Waals surface area contributed by atoms with Gasteiger partial charge in [0.2, 0.25) is 0 Å². The first kappa shape index (κ1) is 23.4. The monoisotopic (exact) mass is 537 g/mol. The van der Waals surface area contributed by atoms with Crippen LogP contribution in [0.2, 0.25) is 15.1 Å². The fraction of sp³-hybridized carbons (Fsp3) is 0.217. The van der Waals surface area contributed by atoms with Crippen LogP contribution in [0.3, 0.4) is 0 Å². The van der Waals surface area contributed by atoms with Gasteiger partial charge in [-0.05, 0) is 42.7 Å². The molecule has 0 saturated heterocycles. The Morgan fingerprint density at radius 2 is 1.79 bits per heavy atom. The van der Waals surface area contributed by atoms with Crippen LogP contribution < -0.4 is 10.5 Å². The second-order valence-corrected chi connectivity index (χ2v) is 10.5. The van der Waals surface area contributed by atoms with Gasteiger partial charge in [-0.25, -0.2) is 18.6 Å². The summed E-state index contributed by atoms with van der Waals surface area (Å²) in [6, 6.07) is 7.74. The van der Waals surface area contributed by atoms with Crippen LogP contribution in [-0.4, -0.2) is 18.7 Å². The third-order valence-electron chi connectivity index (χ3n) is 6.01. The molecule has 0 aliphatic heterocycles. The molecule has 0 amide bonds. The lowest BCUT2D eigenvalue weighted by Gasteiger charge is -2.12. The summed E-state index contributed by atoms with van der Waals surface area (Å²) in [6.45, 7) is 0. The van der Waals surface area contributed by atoms with Crippen molar-refractivity contribution in [3.63, 3.8) is 0 Å². The fourth-order valence-corrected chi connectivity index (χ4v) is 6.11. The number of anilines is 2. The average Bonchev–Trinajstić information content (AvgIpc) is 3.46. The summed E-state index contributed by atoms with van der Waals surface area (Å²) in [7, 11) is -1.86. The first-order chi connectivity index (χ1) is 16.3. The number of hydrogen-bond donors (Lipinski definition) is 2. The zero-order valence-electron chi connectivity index (χ0n) is 17.7. The summed E-state index contributed by atoms with van der Waals surface area (Å²) >= 11 is 18.1. The Hall–Kier alpha value is -2.39. The molecule has 2 heterocycles. The van der Waals surface area contributed by atoms with Crippen LogP contribution in [0.4, 0.5) is 15.9 Å². The van der Waals surface area contributed by atoms with E-state index in [9.17, 15) is 4.21 Å². The van der Waals surface area contributed by atoms with Crippen molar-refractivity contribution in [3.05, 3.63) is 63.7 Å². The highest BCUT2D eigenvalue weighted by atomic mass is 35.5. The van der Waals surface area contributed by atoms with Crippen molar-refractivity contribution in [1.29, 1.82) is 0 Å². The maximum Gasteiger partial charge on any atom is 0.151 e. The Balaban J connectivity index is 1.50. The Morgan fingerprint density at radius 3 is 2.53 bits per heavy atom. The number of benzene rings is 2. The maximum atomic E-state index is 15.1. The van der Waals surface area contributed by atoms with Crippen molar-refractivity contribution < 1.29 is 8.60 Å². The highest BCUT2D eigenvalue weighted by molar-refractivity contribution is 7.86. The zero-order valence-corrected chi connectivity index (χ0v) is 20.8. The van der Waals surface area contributed by atoms with Gasteiger partial charge in [0, 0.05) is 17.8 Å². The molecule has 0 radical (unpaired) electrons. The second kappa shape index (κ2) is 9.34. The summed E-state index contributed by atoms with van der Waals surface area (Å²) in [6.07, 6.45) is 7.87. The number of halogens is 4. The highest BCUT2D eigenvalue weighted by Crippen LogP contribution is 2.39. The summed E-state index contributed by atoms with van der Waals surface area (Å²) < 4.78 is 32.7. The van der Waals surface area contributed by atoms with Crippen LogP contribution in [0.25, 0.3) is 22.2 Å². The van der Waals surface area contributed by atoms with E-state index >= 15 is 4.39 Å². The molecule has 2 aromatic heterocycles. The molecule has 0 bridgehead atoms. The van der Waals surface area contributed by atoms with Crippen molar-refractivity contribution >= 4 is 68.3 Å². The van der Waals surface area contributed by atoms with Gasteiger partial charge >= 0.3 is 0 Å². The first-order valence-electron chi connectivity index (χ1n) is 10.6. The van der Waals surface area contributed by atoms with Gasteiger partial charge in [-0.2, -0.15) is 0 Å². The number of aromatic nitrogens is 3. The van der Waals surface area contributed by atoms with Gasteiger partial charge in [-0.3, -0.25) is 4.72 Å². The highest BCUT2D eigenvalue weighted by Gasteiger charge is 2.23. The van der Waals surface area contributed by atoms with Crippen molar-refractivity contribution in [2.45, 2.75) is 36.6 Å². The van der Waals surface area contributed by atoms with Crippen molar-refractivity contribution in [1.82, 2.24) is 14.5 Å². The fourth-order valence-electron chi connectivity index (χ4n) is 4.35. The predicted molar refractivity (Wildman–Crippen MR) is 136 cm³/mol. The molecule has 2 aromatic carbocycles. The van der Waals surface area contributed by atoms with Gasteiger partial charge in [0.25, 0.3) is 0 Å². The molecular weight excluding hydrogens is 520 g/mol. The Bertz CT molecular complexity index is 1440.